The molecule has 4 heteroatoms. The van der Waals surface area contributed by atoms with Gasteiger partial charge in [0.05, 0.1) is 6.04 Å². The number of carbonyl (C=O) groups is 1. The van der Waals surface area contributed by atoms with Gasteiger partial charge in [0.15, 0.2) is 0 Å². The second kappa shape index (κ2) is 6.97. The van der Waals surface area contributed by atoms with Crippen molar-refractivity contribution in [2.75, 3.05) is 6.54 Å². The van der Waals surface area contributed by atoms with E-state index in [1.807, 2.05) is 35.4 Å². The van der Waals surface area contributed by atoms with E-state index in [9.17, 15) is 4.79 Å². The summed E-state index contributed by atoms with van der Waals surface area (Å²) in [5, 5.41) is 1.01. The van der Waals surface area contributed by atoms with Gasteiger partial charge in [-0.3, -0.25) is 4.79 Å². The topological polar surface area (TPSA) is 33.2 Å². The zero-order valence-electron chi connectivity index (χ0n) is 12.7. The number of pyridine rings is 1. The second-order valence-electron chi connectivity index (χ2n) is 5.54. The van der Waals surface area contributed by atoms with Gasteiger partial charge in [0.1, 0.15) is 5.03 Å². The lowest BCUT2D eigenvalue weighted by molar-refractivity contribution is -0.132. The Morgan fingerprint density at radius 3 is 2.77 bits per heavy atom. The van der Waals surface area contributed by atoms with Gasteiger partial charge < -0.3 is 4.90 Å². The van der Waals surface area contributed by atoms with Gasteiger partial charge in [-0.15, -0.1) is 0 Å². The molecule has 1 unspecified atom stereocenters. The maximum Gasteiger partial charge on any atom is 0.219 e. The molecule has 1 saturated heterocycles. The molecule has 0 saturated carbocycles. The summed E-state index contributed by atoms with van der Waals surface area (Å²) in [5.74, 6) is 0.157. The molecule has 0 N–H and O–H groups in total. The Bertz CT molecular complexity index is 645. The van der Waals surface area contributed by atoms with Crippen LogP contribution in [0.1, 0.15) is 37.8 Å². The van der Waals surface area contributed by atoms with Crippen LogP contribution < -0.4 is 0 Å². The monoisotopic (exact) mass is 312 g/mol. The third-order valence-electron chi connectivity index (χ3n) is 4.02. The van der Waals surface area contributed by atoms with Crippen LogP contribution >= 0.6 is 11.8 Å². The molecule has 1 aromatic carbocycles. The lowest BCUT2D eigenvalue weighted by atomic mass is 9.96. The van der Waals surface area contributed by atoms with Crippen molar-refractivity contribution in [2.24, 2.45) is 0 Å². The molecule has 1 aliphatic heterocycles. The van der Waals surface area contributed by atoms with Crippen LogP contribution in [0.15, 0.2) is 58.6 Å². The number of piperidine rings is 1. The number of likely N-dealkylation sites (tertiary alicyclic amines) is 1. The van der Waals surface area contributed by atoms with Crippen molar-refractivity contribution in [3.8, 4) is 0 Å². The van der Waals surface area contributed by atoms with Gasteiger partial charge in [0.25, 0.3) is 0 Å². The molecule has 1 amide bonds. The average Bonchev–Trinajstić information content (AvgIpc) is 2.56. The SMILES string of the molecule is CC(=O)N1CCCCC1c1cccnc1Sc1ccccc1. The first-order valence-electron chi connectivity index (χ1n) is 7.71. The van der Waals surface area contributed by atoms with Crippen LogP contribution in [0.3, 0.4) is 0 Å². The largest absolute Gasteiger partial charge is 0.336 e. The van der Waals surface area contributed by atoms with E-state index in [1.54, 1.807) is 18.7 Å². The standard InChI is InChI=1S/C18H20N2OS/c1-14(21)20-13-6-5-11-17(20)16-10-7-12-19-18(16)22-15-8-3-2-4-9-15/h2-4,7-10,12,17H,5-6,11,13H2,1H3. The van der Waals surface area contributed by atoms with E-state index in [0.717, 1.165) is 24.4 Å². The summed E-state index contributed by atoms with van der Waals surface area (Å²) < 4.78 is 0. The van der Waals surface area contributed by atoms with Crippen molar-refractivity contribution in [1.82, 2.24) is 9.88 Å². The quantitative estimate of drug-likeness (QED) is 0.847. The zero-order valence-corrected chi connectivity index (χ0v) is 13.6. The minimum Gasteiger partial charge on any atom is -0.336 e. The molecule has 1 atom stereocenters. The number of rotatable bonds is 3. The van der Waals surface area contributed by atoms with Gasteiger partial charge in [0, 0.05) is 30.1 Å². The Morgan fingerprint density at radius 1 is 1.18 bits per heavy atom. The normalized spacial score (nSPS) is 18.2. The van der Waals surface area contributed by atoms with Crippen LogP contribution in [0, 0.1) is 0 Å². The molecule has 1 aromatic heterocycles. The van der Waals surface area contributed by atoms with Gasteiger partial charge in [-0.25, -0.2) is 4.98 Å². The summed E-state index contributed by atoms with van der Waals surface area (Å²) >= 11 is 1.67. The lowest BCUT2D eigenvalue weighted by Crippen LogP contribution is -2.37. The zero-order chi connectivity index (χ0) is 15.4. The molecule has 2 heterocycles. The van der Waals surface area contributed by atoms with Gasteiger partial charge >= 0.3 is 0 Å². The van der Waals surface area contributed by atoms with E-state index in [2.05, 4.69) is 23.2 Å². The number of hydrogen-bond donors (Lipinski definition) is 0. The van der Waals surface area contributed by atoms with E-state index in [4.69, 9.17) is 0 Å². The second-order valence-corrected chi connectivity index (χ2v) is 6.60. The van der Waals surface area contributed by atoms with Crippen molar-refractivity contribution in [3.05, 3.63) is 54.2 Å². The predicted octanol–water partition coefficient (Wildman–Crippen LogP) is 4.31. The first-order chi connectivity index (χ1) is 10.8. The summed E-state index contributed by atoms with van der Waals surface area (Å²) in [5.41, 5.74) is 1.17. The van der Waals surface area contributed by atoms with E-state index >= 15 is 0 Å². The fourth-order valence-electron chi connectivity index (χ4n) is 2.97. The lowest BCUT2D eigenvalue weighted by Gasteiger charge is -2.36. The Morgan fingerprint density at radius 2 is 2.00 bits per heavy atom. The number of amides is 1. The Hall–Kier alpha value is -1.81. The van der Waals surface area contributed by atoms with E-state index < -0.39 is 0 Å². The van der Waals surface area contributed by atoms with Crippen molar-refractivity contribution in [2.45, 2.75) is 42.1 Å². The highest BCUT2D eigenvalue weighted by Crippen LogP contribution is 2.37. The molecule has 0 bridgehead atoms. The molecule has 0 aliphatic carbocycles. The van der Waals surface area contributed by atoms with Gasteiger partial charge in [-0.2, -0.15) is 0 Å². The summed E-state index contributed by atoms with van der Waals surface area (Å²) in [4.78, 5) is 19.7. The summed E-state index contributed by atoms with van der Waals surface area (Å²) in [6, 6.07) is 14.5. The number of aromatic nitrogens is 1. The maximum atomic E-state index is 12.0. The average molecular weight is 312 g/mol. The van der Waals surface area contributed by atoms with Crippen molar-refractivity contribution < 1.29 is 4.79 Å². The molecule has 3 rings (SSSR count). The minimum atomic E-state index is 0.157. The molecule has 0 spiro atoms. The van der Waals surface area contributed by atoms with Crippen molar-refractivity contribution in [3.63, 3.8) is 0 Å². The number of benzene rings is 1. The van der Waals surface area contributed by atoms with E-state index in [-0.39, 0.29) is 11.9 Å². The molecule has 114 valence electrons. The molecule has 0 radical (unpaired) electrons. The first kappa shape index (κ1) is 15.1. The summed E-state index contributed by atoms with van der Waals surface area (Å²) in [6.45, 7) is 2.52. The molecule has 22 heavy (non-hydrogen) atoms. The highest BCUT2D eigenvalue weighted by atomic mass is 32.2. The highest BCUT2D eigenvalue weighted by molar-refractivity contribution is 7.99. The fourth-order valence-corrected chi connectivity index (χ4v) is 3.93. The molecule has 1 aliphatic rings. The van der Waals surface area contributed by atoms with Gasteiger partial charge in [-0.1, -0.05) is 36.0 Å². The van der Waals surface area contributed by atoms with Gasteiger partial charge in [0.2, 0.25) is 5.91 Å². The maximum absolute atomic E-state index is 12.0. The smallest absolute Gasteiger partial charge is 0.219 e. The molecule has 3 nitrogen and oxygen atoms in total. The van der Waals surface area contributed by atoms with Crippen LogP contribution in [-0.2, 0) is 4.79 Å². The molecule has 2 aromatic rings. The van der Waals surface area contributed by atoms with Gasteiger partial charge in [-0.05, 0) is 37.5 Å². The third-order valence-corrected chi connectivity index (χ3v) is 5.07. The van der Waals surface area contributed by atoms with Crippen LogP contribution in [-0.4, -0.2) is 22.3 Å². The first-order valence-corrected chi connectivity index (χ1v) is 8.52. The van der Waals surface area contributed by atoms with E-state index in [1.165, 1.54) is 16.9 Å². The van der Waals surface area contributed by atoms with E-state index in [0.29, 0.717) is 0 Å². The summed E-state index contributed by atoms with van der Waals surface area (Å²) in [7, 11) is 0. The predicted molar refractivity (Wildman–Crippen MR) is 88.8 cm³/mol. The Labute approximate surface area is 135 Å². The van der Waals surface area contributed by atoms with Crippen LogP contribution in [0.2, 0.25) is 0 Å². The van der Waals surface area contributed by atoms with Crippen LogP contribution in [0.4, 0.5) is 0 Å². The Balaban J connectivity index is 1.91. The van der Waals surface area contributed by atoms with Crippen LogP contribution in [0.5, 0.6) is 0 Å². The number of hydrogen-bond acceptors (Lipinski definition) is 3. The third kappa shape index (κ3) is 3.33. The van der Waals surface area contributed by atoms with Crippen LogP contribution in [0.25, 0.3) is 0 Å². The van der Waals surface area contributed by atoms with Crippen molar-refractivity contribution in [1.29, 1.82) is 0 Å². The Kier molecular flexibility index (Phi) is 4.78. The molecular formula is C18H20N2OS. The highest BCUT2D eigenvalue weighted by Gasteiger charge is 2.28. The number of nitrogens with zero attached hydrogens (tertiary/aromatic N) is 2. The molecule has 1 fully saturated rings. The minimum absolute atomic E-state index is 0.157. The summed E-state index contributed by atoms with van der Waals surface area (Å²) in [6.07, 6.45) is 5.11. The number of carbonyl (C=O) groups excluding carboxylic acids is 1. The van der Waals surface area contributed by atoms with Crippen molar-refractivity contribution >= 4 is 17.7 Å². The fraction of sp³-hybridized carbons (Fsp3) is 0.333. The molecular weight excluding hydrogens is 292 g/mol.